The van der Waals surface area contributed by atoms with Crippen LogP contribution < -0.4 is 0 Å². The van der Waals surface area contributed by atoms with Crippen molar-refractivity contribution in [2.24, 2.45) is 5.41 Å². The minimum absolute atomic E-state index is 0.00435. The number of hydrogen-bond acceptors (Lipinski definition) is 2. The van der Waals surface area contributed by atoms with E-state index in [0.29, 0.717) is 6.61 Å². The molecule has 0 N–H and O–H groups in total. The molecule has 1 aliphatic carbocycles. The molecule has 0 radical (unpaired) electrons. The summed E-state index contributed by atoms with van der Waals surface area (Å²) in [5.41, 5.74) is -0.172. The molecule has 0 spiro atoms. The number of hydrogen-bond donors (Lipinski definition) is 0. The maximum absolute atomic E-state index is 11.5. The summed E-state index contributed by atoms with van der Waals surface area (Å²) in [4.78, 5) is 11.5. The SMILES string of the molecule is CC.CCOC(=O)C1(C)CCCCC1. The zero-order valence-corrected chi connectivity index (χ0v) is 10.1. The monoisotopic (exact) mass is 200 g/mol. The van der Waals surface area contributed by atoms with Gasteiger partial charge in [0.05, 0.1) is 12.0 Å². The number of carbonyl (C=O) groups is 1. The number of esters is 1. The molecule has 2 heteroatoms. The lowest BCUT2D eigenvalue weighted by molar-refractivity contribution is -0.156. The van der Waals surface area contributed by atoms with E-state index < -0.39 is 0 Å². The van der Waals surface area contributed by atoms with E-state index in [1.807, 2.05) is 27.7 Å². The smallest absolute Gasteiger partial charge is 0.311 e. The summed E-state index contributed by atoms with van der Waals surface area (Å²) >= 11 is 0. The van der Waals surface area contributed by atoms with Crippen LogP contribution in [-0.4, -0.2) is 12.6 Å². The fourth-order valence-corrected chi connectivity index (χ4v) is 1.84. The van der Waals surface area contributed by atoms with Crippen LogP contribution in [0.4, 0.5) is 0 Å². The van der Waals surface area contributed by atoms with Gasteiger partial charge in [0.1, 0.15) is 0 Å². The van der Waals surface area contributed by atoms with Gasteiger partial charge in [0.15, 0.2) is 0 Å². The lowest BCUT2D eigenvalue weighted by atomic mass is 9.76. The zero-order chi connectivity index (χ0) is 11.0. The van der Waals surface area contributed by atoms with Gasteiger partial charge >= 0.3 is 5.97 Å². The highest BCUT2D eigenvalue weighted by molar-refractivity contribution is 5.76. The first-order valence-electron chi connectivity index (χ1n) is 5.86. The third-order valence-electron chi connectivity index (χ3n) is 2.73. The van der Waals surface area contributed by atoms with Gasteiger partial charge in [-0.3, -0.25) is 4.79 Å². The summed E-state index contributed by atoms with van der Waals surface area (Å²) in [6.07, 6.45) is 5.64. The molecule has 1 fully saturated rings. The van der Waals surface area contributed by atoms with Gasteiger partial charge in [-0.2, -0.15) is 0 Å². The van der Waals surface area contributed by atoms with Crippen LogP contribution in [0.2, 0.25) is 0 Å². The van der Waals surface area contributed by atoms with Crippen molar-refractivity contribution in [2.45, 2.75) is 59.8 Å². The van der Waals surface area contributed by atoms with Gasteiger partial charge in [0, 0.05) is 0 Å². The molecule has 0 amide bonds. The Balaban J connectivity index is 0.000000791. The largest absolute Gasteiger partial charge is 0.466 e. The molecule has 0 aliphatic heterocycles. The molecule has 0 saturated heterocycles. The lowest BCUT2D eigenvalue weighted by Crippen LogP contribution is -2.31. The maximum atomic E-state index is 11.5. The Morgan fingerprint density at radius 3 is 2.14 bits per heavy atom. The van der Waals surface area contributed by atoms with E-state index in [1.54, 1.807) is 0 Å². The van der Waals surface area contributed by atoms with Gasteiger partial charge in [0.2, 0.25) is 0 Å². The molecule has 1 aliphatic rings. The topological polar surface area (TPSA) is 26.3 Å². The van der Waals surface area contributed by atoms with Crippen LogP contribution >= 0.6 is 0 Å². The van der Waals surface area contributed by atoms with Crippen LogP contribution in [0.3, 0.4) is 0 Å². The second kappa shape index (κ2) is 6.86. The molecule has 1 rings (SSSR count). The average molecular weight is 200 g/mol. The van der Waals surface area contributed by atoms with Crippen molar-refractivity contribution < 1.29 is 9.53 Å². The van der Waals surface area contributed by atoms with Crippen LogP contribution in [0.5, 0.6) is 0 Å². The average Bonchev–Trinajstić information content (AvgIpc) is 2.22. The predicted octanol–water partition coefficient (Wildman–Crippen LogP) is 3.55. The molecule has 0 aromatic carbocycles. The van der Waals surface area contributed by atoms with Crippen LogP contribution in [0.1, 0.15) is 59.8 Å². The number of rotatable bonds is 2. The number of carbonyl (C=O) groups excluding carboxylic acids is 1. The molecular formula is C12H24O2. The standard InChI is InChI=1S/C10H18O2.C2H6/c1-3-12-9(11)10(2)7-5-4-6-8-10;1-2/h3-8H2,1-2H3;1-2H3. The van der Waals surface area contributed by atoms with Crippen molar-refractivity contribution in [3.63, 3.8) is 0 Å². The first kappa shape index (κ1) is 13.5. The predicted molar refractivity (Wildman–Crippen MR) is 59.2 cm³/mol. The first-order valence-corrected chi connectivity index (χ1v) is 5.86. The minimum atomic E-state index is -0.172. The van der Waals surface area contributed by atoms with Crippen LogP contribution in [0, 0.1) is 5.41 Å². The fraction of sp³-hybridized carbons (Fsp3) is 0.917. The molecule has 1 saturated carbocycles. The van der Waals surface area contributed by atoms with Crippen molar-refractivity contribution in [2.75, 3.05) is 6.61 Å². The summed E-state index contributed by atoms with van der Waals surface area (Å²) in [7, 11) is 0. The van der Waals surface area contributed by atoms with Gasteiger partial charge in [-0.15, -0.1) is 0 Å². The van der Waals surface area contributed by atoms with Crippen molar-refractivity contribution in [3.05, 3.63) is 0 Å². The summed E-state index contributed by atoms with van der Waals surface area (Å²) in [5, 5.41) is 0. The maximum Gasteiger partial charge on any atom is 0.311 e. The van der Waals surface area contributed by atoms with E-state index >= 15 is 0 Å². The van der Waals surface area contributed by atoms with Crippen LogP contribution in [-0.2, 0) is 9.53 Å². The Hall–Kier alpha value is -0.530. The van der Waals surface area contributed by atoms with E-state index in [4.69, 9.17) is 4.74 Å². The van der Waals surface area contributed by atoms with Crippen LogP contribution in [0.15, 0.2) is 0 Å². The Labute approximate surface area is 88.0 Å². The van der Waals surface area contributed by atoms with Crippen molar-refractivity contribution in [3.8, 4) is 0 Å². The molecule has 0 atom stereocenters. The van der Waals surface area contributed by atoms with Crippen LogP contribution in [0.25, 0.3) is 0 Å². The van der Waals surface area contributed by atoms with E-state index in [9.17, 15) is 4.79 Å². The molecule has 0 aromatic heterocycles. The Kier molecular flexibility index (Phi) is 6.60. The van der Waals surface area contributed by atoms with E-state index in [2.05, 4.69) is 0 Å². The van der Waals surface area contributed by atoms with E-state index in [1.165, 1.54) is 19.3 Å². The third-order valence-corrected chi connectivity index (χ3v) is 2.73. The second-order valence-electron chi connectivity index (χ2n) is 3.84. The van der Waals surface area contributed by atoms with Gasteiger partial charge in [-0.1, -0.05) is 33.1 Å². The Morgan fingerprint density at radius 1 is 1.21 bits per heavy atom. The van der Waals surface area contributed by atoms with Gasteiger partial charge in [-0.05, 0) is 26.7 Å². The summed E-state index contributed by atoms with van der Waals surface area (Å²) in [6.45, 7) is 8.41. The van der Waals surface area contributed by atoms with Crippen molar-refractivity contribution in [1.29, 1.82) is 0 Å². The highest BCUT2D eigenvalue weighted by Gasteiger charge is 2.35. The fourth-order valence-electron chi connectivity index (χ4n) is 1.84. The first-order chi connectivity index (χ1) is 6.69. The minimum Gasteiger partial charge on any atom is -0.466 e. The lowest BCUT2D eigenvalue weighted by Gasteiger charge is -2.30. The quantitative estimate of drug-likeness (QED) is 0.637. The van der Waals surface area contributed by atoms with Crippen molar-refractivity contribution in [1.82, 2.24) is 0 Å². The van der Waals surface area contributed by atoms with Gasteiger partial charge in [-0.25, -0.2) is 0 Å². The summed E-state index contributed by atoms with van der Waals surface area (Å²) in [5.74, 6) is 0.00435. The molecule has 2 nitrogen and oxygen atoms in total. The van der Waals surface area contributed by atoms with Gasteiger partial charge < -0.3 is 4.74 Å². The molecular weight excluding hydrogens is 176 g/mol. The molecule has 0 bridgehead atoms. The molecule has 14 heavy (non-hydrogen) atoms. The molecule has 0 aromatic rings. The van der Waals surface area contributed by atoms with E-state index in [0.717, 1.165) is 12.8 Å². The van der Waals surface area contributed by atoms with Crippen molar-refractivity contribution >= 4 is 5.97 Å². The second-order valence-corrected chi connectivity index (χ2v) is 3.84. The number of ether oxygens (including phenoxy) is 1. The molecule has 0 unspecified atom stereocenters. The Morgan fingerprint density at radius 2 is 1.71 bits per heavy atom. The summed E-state index contributed by atoms with van der Waals surface area (Å²) < 4.78 is 5.05. The highest BCUT2D eigenvalue weighted by atomic mass is 16.5. The highest BCUT2D eigenvalue weighted by Crippen LogP contribution is 2.36. The Bertz CT molecular complexity index is 158. The molecule has 84 valence electrons. The van der Waals surface area contributed by atoms with Gasteiger partial charge in [0.25, 0.3) is 0 Å². The molecule has 0 heterocycles. The zero-order valence-electron chi connectivity index (χ0n) is 10.1. The summed E-state index contributed by atoms with van der Waals surface area (Å²) in [6, 6.07) is 0. The van der Waals surface area contributed by atoms with E-state index in [-0.39, 0.29) is 11.4 Å². The third kappa shape index (κ3) is 3.69. The normalized spacial score (nSPS) is 19.1.